The van der Waals surface area contributed by atoms with Crippen molar-refractivity contribution < 1.29 is 13.5 Å². The first-order valence-corrected chi connectivity index (χ1v) is 7.67. The molecule has 0 spiro atoms. The van der Waals surface area contributed by atoms with Crippen molar-refractivity contribution in [2.45, 2.75) is 23.6 Å². The SMILES string of the molecule is CN(C(C)(C)CO)S(=O)(=O)c1sccc1Br. The second-order valence-corrected chi connectivity index (χ2v) is 7.93. The fraction of sp³-hybridized carbons (Fsp3) is 0.556. The smallest absolute Gasteiger partial charge is 0.254 e. The molecule has 0 aromatic carbocycles. The van der Waals surface area contributed by atoms with Crippen molar-refractivity contribution in [3.63, 3.8) is 0 Å². The first-order chi connectivity index (χ1) is 7.23. The molecule has 0 radical (unpaired) electrons. The van der Waals surface area contributed by atoms with Crippen molar-refractivity contribution in [1.82, 2.24) is 4.31 Å². The van der Waals surface area contributed by atoms with Crippen molar-refractivity contribution in [3.8, 4) is 0 Å². The fourth-order valence-electron chi connectivity index (χ4n) is 1.01. The predicted octanol–water partition coefficient (Wildman–Crippen LogP) is 1.90. The van der Waals surface area contributed by atoms with Crippen molar-refractivity contribution in [2.24, 2.45) is 0 Å². The van der Waals surface area contributed by atoms with Gasteiger partial charge in [0.15, 0.2) is 0 Å². The van der Waals surface area contributed by atoms with Gasteiger partial charge in [0.05, 0.1) is 12.1 Å². The molecule has 16 heavy (non-hydrogen) atoms. The van der Waals surface area contributed by atoms with E-state index in [4.69, 9.17) is 0 Å². The molecule has 4 nitrogen and oxygen atoms in total. The molecule has 92 valence electrons. The van der Waals surface area contributed by atoms with E-state index >= 15 is 0 Å². The molecule has 0 saturated heterocycles. The minimum atomic E-state index is -3.55. The van der Waals surface area contributed by atoms with Crippen LogP contribution in [0.25, 0.3) is 0 Å². The fourth-order valence-corrected chi connectivity index (χ4v) is 4.98. The van der Waals surface area contributed by atoms with Gasteiger partial charge in [-0.15, -0.1) is 11.3 Å². The highest BCUT2D eigenvalue weighted by Crippen LogP contribution is 2.32. The van der Waals surface area contributed by atoms with Crippen molar-refractivity contribution >= 4 is 37.3 Å². The van der Waals surface area contributed by atoms with Gasteiger partial charge in [-0.2, -0.15) is 4.31 Å². The Morgan fingerprint density at radius 3 is 2.50 bits per heavy atom. The molecule has 0 saturated carbocycles. The zero-order valence-corrected chi connectivity index (χ0v) is 12.5. The van der Waals surface area contributed by atoms with Gasteiger partial charge >= 0.3 is 0 Å². The molecule has 7 heteroatoms. The Morgan fingerprint density at radius 2 is 2.12 bits per heavy atom. The largest absolute Gasteiger partial charge is 0.394 e. The van der Waals surface area contributed by atoms with Crippen LogP contribution >= 0.6 is 27.3 Å². The van der Waals surface area contributed by atoms with Gasteiger partial charge in [0.1, 0.15) is 4.21 Å². The Kier molecular flexibility index (Phi) is 4.18. The topological polar surface area (TPSA) is 57.6 Å². The summed E-state index contributed by atoms with van der Waals surface area (Å²) < 4.78 is 26.4. The van der Waals surface area contributed by atoms with Gasteiger partial charge in [-0.3, -0.25) is 0 Å². The molecule has 0 fully saturated rings. The summed E-state index contributed by atoms with van der Waals surface area (Å²) in [5.74, 6) is 0. The van der Waals surface area contributed by atoms with Crippen molar-refractivity contribution in [3.05, 3.63) is 15.9 Å². The van der Waals surface area contributed by atoms with E-state index < -0.39 is 15.6 Å². The maximum absolute atomic E-state index is 12.2. The Morgan fingerprint density at radius 1 is 1.56 bits per heavy atom. The summed E-state index contributed by atoms with van der Waals surface area (Å²) in [4.78, 5) is 0. The first-order valence-electron chi connectivity index (χ1n) is 4.56. The van der Waals surface area contributed by atoms with Crippen LogP contribution in [0.3, 0.4) is 0 Å². The monoisotopic (exact) mass is 327 g/mol. The van der Waals surface area contributed by atoms with Crippen LogP contribution < -0.4 is 0 Å². The maximum Gasteiger partial charge on any atom is 0.254 e. The number of halogens is 1. The van der Waals surface area contributed by atoms with E-state index in [2.05, 4.69) is 15.9 Å². The van der Waals surface area contributed by atoms with Gasteiger partial charge in [-0.05, 0) is 41.2 Å². The van der Waals surface area contributed by atoms with E-state index in [1.807, 2.05) is 0 Å². The highest BCUT2D eigenvalue weighted by atomic mass is 79.9. The van der Waals surface area contributed by atoms with Gasteiger partial charge in [-0.25, -0.2) is 8.42 Å². The number of aliphatic hydroxyl groups is 1. The number of likely N-dealkylation sites (N-methyl/N-ethyl adjacent to an activating group) is 1. The van der Waals surface area contributed by atoms with Crippen molar-refractivity contribution in [2.75, 3.05) is 13.7 Å². The second kappa shape index (κ2) is 4.73. The molecule has 0 aliphatic rings. The van der Waals surface area contributed by atoms with Crippen LogP contribution in [0.15, 0.2) is 20.1 Å². The molecule has 0 aliphatic carbocycles. The molecule has 0 atom stereocenters. The van der Waals surface area contributed by atoms with Crippen LogP contribution in [0.4, 0.5) is 0 Å². The van der Waals surface area contributed by atoms with E-state index in [9.17, 15) is 13.5 Å². The molecular formula is C9H14BrNO3S2. The maximum atomic E-state index is 12.2. The van der Waals surface area contributed by atoms with Gasteiger partial charge in [0.25, 0.3) is 10.0 Å². The third-order valence-electron chi connectivity index (χ3n) is 2.42. The summed E-state index contributed by atoms with van der Waals surface area (Å²) in [6, 6.07) is 1.69. The molecule has 0 aliphatic heterocycles. The molecule has 0 unspecified atom stereocenters. The third kappa shape index (κ3) is 2.48. The van der Waals surface area contributed by atoms with E-state index in [-0.39, 0.29) is 10.8 Å². The van der Waals surface area contributed by atoms with E-state index in [1.165, 1.54) is 11.4 Å². The predicted molar refractivity (Wildman–Crippen MR) is 68.1 cm³/mol. The van der Waals surface area contributed by atoms with Crippen molar-refractivity contribution in [1.29, 1.82) is 0 Å². The lowest BCUT2D eigenvalue weighted by atomic mass is 10.1. The minimum Gasteiger partial charge on any atom is -0.394 e. The highest BCUT2D eigenvalue weighted by molar-refractivity contribution is 9.10. The number of sulfonamides is 1. The van der Waals surface area contributed by atoms with E-state index in [1.54, 1.807) is 25.3 Å². The molecule has 1 rings (SSSR count). The summed E-state index contributed by atoms with van der Waals surface area (Å²) in [7, 11) is -2.08. The number of aliphatic hydroxyl groups excluding tert-OH is 1. The Bertz CT molecular complexity index is 467. The summed E-state index contributed by atoms with van der Waals surface area (Å²) in [6.07, 6.45) is 0. The molecule has 1 heterocycles. The van der Waals surface area contributed by atoms with Gasteiger partial charge in [-0.1, -0.05) is 0 Å². The second-order valence-electron chi connectivity index (χ2n) is 4.00. The lowest BCUT2D eigenvalue weighted by molar-refractivity contribution is 0.138. The Balaban J connectivity index is 3.19. The van der Waals surface area contributed by atoms with Crippen LogP contribution in [0.1, 0.15) is 13.8 Å². The van der Waals surface area contributed by atoms with Crippen LogP contribution in [0.5, 0.6) is 0 Å². The highest BCUT2D eigenvalue weighted by Gasteiger charge is 2.35. The summed E-state index contributed by atoms with van der Waals surface area (Å²) in [5.41, 5.74) is -0.817. The number of hydrogen-bond acceptors (Lipinski definition) is 4. The number of nitrogens with zero attached hydrogens (tertiary/aromatic N) is 1. The summed E-state index contributed by atoms with van der Waals surface area (Å²) >= 11 is 4.35. The molecular weight excluding hydrogens is 314 g/mol. The first kappa shape index (κ1) is 14.1. The normalized spacial score (nSPS) is 13.4. The number of thiophene rings is 1. The lowest BCUT2D eigenvalue weighted by Gasteiger charge is -2.32. The van der Waals surface area contributed by atoms with Gasteiger partial charge < -0.3 is 5.11 Å². The Hall–Kier alpha value is 0.0500. The van der Waals surface area contributed by atoms with Gasteiger partial charge in [0, 0.05) is 11.5 Å². The lowest BCUT2D eigenvalue weighted by Crippen LogP contribution is -2.47. The van der Waals surface area contributed by atoms with Crippen LogP contribution in [-0.2, 0) is 10.0 Å². The average Bonchev–Trinajstić information content (AvgIpc) is 2.63. The molecule has 0 amide bonds. The average molecular weight is 328 g/mol. The van der Waals surface area contributed by atoms with Gasteiger partial charge in [0.2, 0.25) is 0 Å². The molecule has 1 N–H and O–H groups in total. The van der Waals surface area contributed by atoms with E-state index in [0.29, 0.717) is 4.47 Å². The standard InChI is InChI=1S/C9H14BrNO3S2/c1-9(2,6-12)11(3)16(13,14)8-7(10)4-5-15-8/h4-5,12H,6H2,1-3H3. The van der Waals surface area contributed by atoms with Crippen LogP contribution in [0.2, 0.25) is 0 Å². The molecule has 0 bridgehead atoms. The minimum absolute atomic E-state index is 0.230. The van der Waals surface area contributed by atoms with Crippen LogP contribution in [-0.4, -0.2) is 37.0 Å². The summed E-state index contributed by atoms with van der Waals surface area (Å²) in [6.45, 7) is 3.11. The van der Waals surface area contributed by atoms with Crippen LogP contribution in [0, 0.1) is 0 Å². The molecule has 1 aromatic rings. The number of rotatable bonds is 4. The Labute approximate surface area is 108 Å². The zero-order chi connectivity index (χ0) is 12.6. The third-order valence-corrected chi connectivity index (χ3v) is 7.13. The number of hydrogen-bond donors (Lipinski definition) is 1. The quantitative estimate of drug-likeness (QED) is 0.918. The van der Waals surface area contributed by atoms with E-state index in [0.717, 1.165) is 11.3 Å². The zero-order valence-electron chi connectivity index (χ0n) is 9.27. The molecule has 1 aromatic heterocycles. The summed E-state index contributed by atoms with van der Waals surface area (Å²) in [5, 5.41) is 10.9.